The Labute approximate surface area is 147 Å². The minimum atomic E-state index is -0.149. The van der Waals surface area contributed by atoms with Gasteiger partial charge in [0.25, 0.3) is 0 Å². The molecule has 6 nitrogen and oxygen atoms in total. The maximum Gasteiger partial charge on any atom is 0.321 e. The van der Waals surface area contributed by atoms with E-state index in [1.807, 2.05) is 13.0 Å². The molecule has 1 unspecified atom stereocenters. The first-order valence-corrected chi connectivity index (χ1v) is 8.76. The predicted octanol–water partition coefficient (Wildman–Crippen LogP) is 2.16. The minimum absolute atomic E-state index is 0.0920. The summed E-state index contributed by atoms with van der Waals surface area (Å²) in [5, 5.41) is 6.49. The Hall–Kier alpha value is -1.79. The van der Waals surface area contributed by atoms with Gasteiger partial charge in [-0.3, -0.25) is 9.69 Å². The summed E-state index contributed by atoms with van der Waals surface area (Å²) in [5.41, 5.74) is 0.687. The first kappa shape index (κ1) is 17.0. The third-order valence-corrected chi connectivity index (χ3v) is 4.76. The smallest absolute Gasteiger partial charge is 0.321 e. The van der Waals surface area contributed by atoms with E-state index in [9.17, 15) is 9.59 Å². The highest BCUT2D eigenvalue weighted by Crippen LogP contribution is 2.19. The molecule has 2 aliphatic rings. The Morgan fingerprint density at radius 1 is 1.21 bits per heavy atom. The molecular weight excluding hydrogens is 328 g/mol. The molecule has 1 aromatic carbocycles. The zero-order valence-corrected chi connectivity index (χ0v) is 14.6. The molecule has 1 aliphatic carbocycles. The number of nitrogens with zero attached hydrogens (tertiary/aromatic N) is 2. The van der Waals surface area contributed by atoms with Crippen LogP contribution in [0.3, 0.4) is 0 Å². The van der Waals surface area contributed by atoms with Crippen molar-refractivity contribution < 1.29 is 9.59 Å². The van der Waals surface area contributed by atoms with Gasteiger partial charge < -0.3 is 15.5 Å². The third-order valence-electron chi connectivity index (χ3n) is 4.53. The summed E-state index contributed by atoms with van der Waals surface area (Å²) in [6, 6.07) is 7.20. The normalized spacial score (nSPS) is 19.7. The quantitative estimate of drug-likeness (QED) is 0.874. The Bertz CT molecular complexity index is 612. The lowest BCUT2D eigenvalue weighted by atomic mass is 10.2. The molecule has 0 bridgehead atoms. The lowest BCUT2D eigenvalue weighted by Crippen LogP contribution is -2.55. The highest BCUT2D eigenvalue weighted by Gasteiger charge is 2.30. The summed E-state index contributed by atoms with van der Waals surface area (Å²) in [6.45, 7) is 4.53. The second kappa shape index (κ2) is 7.40. The van der Waals surface area contributed by atoms with E-state index in [1.54, 1.807) is 23.1 Å². The van der Waals surface area contributed by atoms with Gasteiger partial charge in [0.15, 0.2) is 0 Å². The minimum Gasteiger partial charge on any atom is -0.352 e. The van der Waals surface area contributed by atoms with Gasteiger partial charge in [-0.15, -0.1) is 0 Å². The van der Waals surface area contributed by atoms with E-state index in [4.69, 9.17) is 11.6 Å². The van der Waals surface area contributed by atoms with Crippen LogP contribution in [0.5, 0.6) is 0 Å². The summed E-state index contributed by atoms with van der Waals surface area (Å²) in [4.78, 5) is 28.3. The molecule has 1 saturated heterocycles. The van der Waals surface area contributed by atoms with Crippen molar-refractivity contribution in [2.75, 3.05) is 31.5 Å². The molecule has 1 aromatic rings. The van der Waals surface area contributed by atoms with Gasteiger partial charge in [-0.2, -0.15) is 0 Å². The number of hydrogen-bond donors (Lipinski definition) is 2. The molecule has 2 fully saturated rings. The van der Waals surface area contributed by atoms with Crippen molar-refractivity contribution in [2.24, 2.45) is 0 Å². The van der Waals surface area contributed by atoms with Crippen LogP contribution in [0.1, 0.15) is 19.8 Å². The molecule has 1 aliphatic heterocycles. The van der Waals surface area contributed by atoms with Crippen molar-refractivity contribution in [1.29, 1.82) is 0 Å². The van der Waals surface area contributed by atoms with Crippen LogP contribution in [0.2, 0.25) is 5.02 Å². The number of urea groups is 1. The van der Waals surface area contributed by atoms with Crippen LogP contribution in [0, 0.1) is 0 Å². The number of carbonyl (C=O) groups is 2. The number of rotatable bonds is 4. The molecule has 1 atom stereocenters. The molecular formula is C17H23ClN4O2. The van der Waals surface area contributed by atoms with Crippen LogP contribution >= 0.6 is 11.6 Å². The van der Waals surface area contributed by atoms with E-state index in [0.717, 1.165) is 12.8 Å². The molecule has 1 heterocycles. The van der Waals surface area contributed by atoms with Crippen molar-refractivity contribution in [1.82, 2.24) is 15.1 Å². The van der Waals surface area contributed by atoms with Gasteiger partial charge >= 0.3 is 6.03 Å². The highest BCUT2D eigenvalue weighted by molar-refractivity contribution is 6.30. The number of carbonyl (C=O) groups excluding carboxylic acids is 2. The molecule has 7 heteroatoms. The fraction of sp³-hybridized carbons (Fsp3) is 0.529. The average Bonchev–Trinajstić information content (AvgIpc) is 3.38. The fourth-order valence-corrected chi connectivity index (χ4v) is 2.99. The molecule has 1 saturated carbocycles. The topological polar surface area (TPSA) is 64.7 Å². The zero-order chi connectivity index (χ0) is 17.1. The number of hydrogen-bond acceptors (Lipinski definition) is 3. The number of anilines is 1. The van der Waals surface area contributed by atoms with Gasteiger partial charge in [-0.1, -0.05) is 17.7 Å². The van der Waals surface area contributed by atoms with Crippen molar-refractivity contribution in [3.63, 3.8) is 0 Å². The van der Waals surface area contributed by atoms with Crippen molar-refractivity contribution in [3.8, 4) is 0 Å². The van der Waals surface area contributed by atoms with Gasteiger partial charge in [-0.05, 0) is 38.0 Å². The van der Waals surface area contributed by atoms with Gasteiger partial charge in [0.1, 0.15) is 0 Å². The maximum atomic E-state index is 12.3. The van der Waals surface area contributed by atoms with E-state index in [0.29, 0.717) is 42.9 Å². The first-order valence-electron chi connectivity index (χ1n) is 8.39. The molecule has 0 spiro atoms. The SMILES string of the molecule is CC(C(=O)NC1CC1)N1CCN(C(=O)Nc2cccc(Cl)c2)CC1. The molecule has 0 aromatic heterocycles. The first-order chi connectivity index (χ1) is 11.5. The largest absolute Gasteiger partial charge is 0.352 e. The van der Waals surface area contributed by atoms with Crippen LogP contribution in [0.25, 0.3) is 0 Å². The van der Waals surface area contributed by atoms with E-state index in [2.05, 4.69) is 15.5 Å². The van der Waals surface area contributed by atoms with E-state index < -0.39 is 0 Å². The van der Waals surface area contributed by atoms with Crippen LogP contribution in [-0.2, 0) is 4.79 Å². The Morgan fingerprint density at radius 2 is 1.92 bits per heavy atom. The average molecular weight is 351 g/mol. The van der Waals surface area contributed by atoms with Crippen molar-refractivity contribution in [3.05, 3.63) is 29.3 Å². The third kappa shape index (κ3) is 4.39. The van der Waals surface area contributed by atoms with Crippen LogP contribution in [0.4, 0.5) is 10.5 Å². The molecule has 3 rings (SSSR count). The van der Waals surface area contributed by atoms with E-state index in [1.165, 1.54) is 0 Å². The van der Waals surface area contributed by atoms with Crippen LogP contribution in [-0.4, -0.2) is 60.0 Å². The summed E-state index contributed by atoms with van der Waals surface area (Å²) in [6.07, 6.45) is 2.19. The van der Waals surface area contributed by atoms with Crippen LogP contribution < -0.4 is 10.6 Å². The highest BCUT2D eigenvalue weighted by atomic mass is 35.5. The molecule has 2 N–H and O–H groups in total. The lowest BCUT2D eigenvalue weighted by molar-refractivity contribution is -0.126. The molecule has 3 amide bonds. The van der Waals surface area contributed by atoms with Gasteiger partial charge in [0, 0.05) is 42.9 Å². The Balaban J connectivity index is 1.47. The second-order valence-corrected chi connectivity index (χ2v) is 6.86. The standard InChI is InChI=1S/C17H23ClN4O2/c1-12(16(23)19-14-5-6-14)21-7-9-22(10-8-21)17(24)20-15-4-2-3-13(18)11-15/h2-4,11-12,14H,5-10H2,1H3,(H,19,23)(H,20,24). The second-order valence-electron chi connectivity index (χ2n) is 6.42. The van der Waals surface area contributed by atoms with Gasteiger partial charge in [-0.25, -0.2) is 4.79 Å². The predicted molar refractivity (Wildman–Crippen MR) is 94.2 cm³/mol. The van der Waals surface area contributed by atoms with Crippen LogP contribution in [0.15, 0.2) is 24.3 Å². The molecule has 24 heavy (non-hydrogen) atoms. The Morgan fingerprint density at radius 3 is 2.54 bits per heavy atom. The number of amides is 3. The van der Waals surface area contributed by atoms with Crippen molar-refractivity contribution >= 4 is 29.2 Å². The van der Waals surface area contributed by atoms with Gasteiger partial charge in [0.2, 0.25) is 5.91 Å². The number of piperazine rings is 1. The van der Waals surface area contributed by atoms with Crippen molar-refractivity contribution in [2.45, 2.75) is 31.8 Å². The van der Waals surface area contributed by atoms with Gasteiger partial charge in [0.05, 0.1) is 6.04 Å². The van der Waals surface area contributed by atoms with E-state index >= 15 is 0 Å². The maximum absolute atomic E-state index is 12.3. The summed E-state index contributed by atoms with van der Waals surface area (Å²) >= 11 is 5.93. The number of halogens is 1. The zero-order valence-electron chi connectivity index (χ0n) is 13.8. The molecule has 0 radical (unpaired) electrons. The summed E-state index contributed by atoms with van der Waals surface area (Å²) < 4.78 is 0. The number of benzene rings is 1. The Kier molecular flexibility index (Phi) is 5.26. The summed E-state index contributed by atoms with van der Waals surface area (Å²) in [7, 11) is 0. The monoisotopic (exact) mass is 350 g/mol. The number of nitrogens with one attached hydrogen (secondary N) is 2. The fourth-order valence-electron chi connectivity index (χ4n) is 2.80. The van der Waals surface area contributed by atoms with E-state index in [-0.39, 0.29) is 18.0 Å². The molecule has 130 valence electrons. The summed E-state index contributed by atoms with van der Waals surface area (Å²) in [5.74, 6) is 0.0920. The lowest BCUT2D eigenvalue weighted by Gasteiger charge is -2.37.